The number of aromatic hydroxyl groups is 1. The zero-order chi connectivity index (χ0) is 22.4. The molecule has 1 atom stereocenters. The Morgan fingerprint density at radius 3 is 2.47 bits per heavy atom. The van der Waals surface area contributed by atoms with Crippen LogP contribution in [-0.4, -0.2) is 40.4 Å². The Bertz CT molecular complexity index is 1430. The summed E-state index contributed by atoms with van der Waals surface area (Å²) in [6.45, 7) is 0.725. The molecule has 3 heterocycles. The second kappa shape index (κ2) is 7.61. The van der Waals surface area contributed by atoms with E-state index in [1.807, 2.05) is 23.5 Å². The van der Waals surface area contributed by atoms with E-state index in [-0.39, 0.29) is 11.4 Å². The van der Waals surface area contributed by atoms with Gasteiger partial charge in [0.05, 0.1) is 32.1 Å². The molecule has 1 aliphatic heterocycles. The Balaban J connectivity index is 1.69. The quantitative estimate of drug-likeness (QED) is 0.380. The maximum absolute atomic E-state index is 12.9. The van der Waals surface area contributed by atoms with Gasteiger partial charge in [0.15, 0.2) is 6.04 Å². The zero-order valence-corrected chi connectivity index (χ0v) is 17.6. The normalized spacial score (nSPS) is 15.5. The van der Waals surface area contributed by atoms with Crippen molar-refractivity contribution in [3.63, 3.8) is 0 Å². The highest BCUT2D eigenvalue weighted by Crippen LogP contribution is 2.34. The highest BCUT2D eigenvalue weighted by atomic mass is 16.5. The monoisotopic (exact) mass is 435 g/mol. The lowest BCUT2D eigenvalue weighted by atomic mass is 9.95. The predicted molar refractivity (Wildman–Crippen MR) is 118 cm³/mol. The molecule has 0 saturated carbocycles. The topological polar surface area (TPSA) is 126 Å². The van der Waals surface area contributed by atoms with Crippen LogP contribution in [0.1, 0.15) is 22.9 Å². The lowest BCUT2D eigenvalue weighted by Crippen LogP contribution is -2.87. The van der Waals surface area contributed by atoms with Crippen molar-refractivity contribution in [3.05, 3.63) is 80.1 Å². The van der Waals surface area contributed by atoms with Gasteiger partial charge in [0.1, 0.15) is 17.1 Å². The van der Waals surface area contributed by atoms with E-state index in [1.165, 1.54) is 0 Å². The molecular formula is C23H23N4O5+. The molecule has 164 valence electrons. The summed E-state index contributed by atoms with van der Waals surface area (Å²) in [6, 6.07) is 11.9. The van der Waals surface area contributed by atoms with Crippen LogP contribution in [0.2, 0.25) is 0 Å². The maximum Gasteiger partial charge on any atom is 0.335 e. The Morgan fingerprint density at radius 1 is 1.03 bits per heavy atom. The van der Waals surface area contributed by atoms with Gasteiger partial charge in [-0.3, -0.25) is 9.78 Å². The summed E-state index contributed by atoms with van der Waals surface area (Å²) in [7, 11) is 3.17. The molecule has 5 N–H and O–H groups in total. The van der Waals surface area contributed by atoms with Crippen LogP contribution in [-0.2, 0) is 6.42 Å². The van der Waals surface area contributed by atoms with Gasteiger partial charge >= 0.3 is 5.69 Å². The van der Waals surface area contributed by atoms with E-state index >= 15 is 0 Å². The van der Waals surface area contributed by atoms with Gasteiger partial charge in [-0.15, -0.1) is 0 Å². The predicted octanol–water partition coefficient (Wildman–Crippen LogP) is 0.939. The minimum atomic E-state index is -0.709. The molecule has 0 spiro atoms. The maximum atomic E-state index is 12.9. The number of nitrogens with one attached hydrogen (secondary N) is 2. The first kappa shape index (κ1) is 20.0. The van der Waals surface area contributed by atoms with Crippen molar-refractivity contribution in [3.8, 4) is 23.1 Å². The minimum absolute atomic E-state index is 0.125. The number of methoxy groups -OCH3 is 2. The molecular weight excluding hydrogens is 412 g/mol. The summed E-state index contributed by atoms with van der Waals surface area (Å²) in [4.78, 5) is 31.2. The van der Waals surface area contributed by atoms with Crippen molar-refractivity contribution >= 4 is 10.9 Å². The number of fused-ring (bicyclic) bond motifs is 3. The first-order valence-corrected chi connectivity index (χ1v) is 10.3. The second-order valence-corrected chi connectivity index (χ2v) is 7.71. The third-order valence-electron chi connectivity index (χ3n) is 6.02. The summed E-state index contributed by atoms with van der Waals surface area (Å²) < 4.78 is 11.6. The van der Waals surface area contributed by atoms with Gasteiger partial charge in [-0.2, -0.15) is 0 Å². The van der Waals surface area contributed by atoms with E-state index < -0.39 is 17.3 Å². The lowest BCUT2D eigenvalue weighted by Gasteiger charge is -2.22. The number of nitrogens with two attached hydrogens (primary N) is 1. The zero-order valence-electron chi connectivity index (χ0n) is 17.6. The third-order valence-corrected chi connectivity index (χ3v) is 6.02. The number of rotatable bonds is 4. The van der Waals surface area contributed by atoms with Crippen molar-refractivity contribution in [2.75, 3.05) is 20.8 Å². The van der Waals surface area contributed by atoms with Crippen LogP contribution < -0.4 is 26.0 Å². The lowest BCUT2D eigenvalue weighted by molar-refractivity contribution is -0.690. The number of aromatic nitrogens is 3. The average Bonchev–Trinajstić information content (AvgIpc) is 3.18. The fraction of sp³-hybridized carbons (Fsp3) is 0.217. The molecule has 9 nitrogen and oxygen atoms in total. The summed E-state index contributed by atoms with van der Waals surface area (Å²) in [5.41, 5.74) is 2.06. The smallest absolute Gasteiger partial charge is 0.335 e. The highest BCUT2D eigenvalue weighted by molar-refractivity contribution is 5.86. The molecule has 5 rings (SSSR count). The molecule has 2 aromatic heterocycles. The van der Waals surface area contributed by atoms with E-state index in [0.29, 0.717) is 11.4 Å². The number of aromatic amines is 2. The summed E-state index contributed by atoms with van der Waals surface area (Å²) in [5, 5.41) is 14.1. The molecule has 2 aromatic carbocycles. The average molecular weight is 435 g/mol. The molecule has 0 radical (unpaired) electrons. The Kier molecular flexibility index (Phi) is 4.75. The van der Waals surface area contributed by atoms with Gasteiger partial charge in [0.25, 0.3) is 5.56 Å². The van der Waals surface area contributed by atoms with Crippen molar-refractivity contribution < 1.29 is 19.9 Å². The Labute approximate surface area is 182 Å². The van der Waals surface area contributed by atoms with Gasteiger partial charge in [-0.05, 0) is 48.0 Å². The van der Waals surface area contributed by atoms with E-state index in [2.05, 4.69) is 9.97 Å². The SMILES string of the molecule is COc1ccc(-n2c(O)c([C@H]3[NH2+]CCc4c3[nH]c3ccc(OC)cc43)c(=O)[nH]c2=O)cc1. The van der Waals surface area contributed by atoms with Crippen LogP contribution in [0.15, 0.2) is 52.1 Å². The molecule has 0 amide bonds. The number of hydrogen-bond acceptors (Lipinski definition) is 5. The molecule has 32 heavy (non-hydrogen) atoms. The third kappa shape index (κ3) is 3.05. The molecule has 0 aliphatic carbocycles. The van der Waals surface area contributed by atoms with Crippen molar-refractivity contribution in [2.24, 2.45) is 0 Å². The number of quaternary nitrogens is 1. The fourth-order valence-corrected chi connectivity index (χ4v) is 4.47. The molecule has 1 aliphatic rings. The molecule has 4 aromatic rings. The molecule has 0 fully saturated rings. The number of ether oxygens (including phenoxy) is 2. The van der Waals surface area contributed by atoms with Gasteiger partial charge < -0.3 is 24.9 Å². The van der Waals surface area contributed by atoms with Gasteiger partial charge in [0, 0.05) is 17.3 Å². The van der Waals surface area contributed by atoms with Crippen LogP contribution in [0, 0.1) is 0 Å². The minimum Gasteiger partial charge on any atom is -0.497 e. The summed E-state index contributed by atoms with van der Waals surface area (Å²) in [6.07, 6.45) is 0.801. The summed E-state index contributed by atoms with van der Waals surface area (Å²) >= 11 is 0. The molecule has 0 bridgehead atoms. The molecule has 0 saturated heterocycles. The van der Waals surface area contributed by atoms with Crippen LogP contribution in [0.25, 0.3) is 16.6 Å². The highest BCUT2D eigenvalue weighted by Gasteiger charge is 2.34. The van der Waals surface area contributed by atoms with E-state index in [0.717, 1.165) is 45.4 Å². The van der Waals surface area contributed by atoms with Gasteiger partial charge in [0.2, 0.25) is 5.88 Å². The van der Waals surface area contributed by atoms with Crippen LogP contribution in [0.5, 0.6) is 17.4 Å². The van der Waals surface area contributed by atoms with Crippen LogP contribution >= 0.6 is 0 Å². The molecule has 0 unspecified atom stereocenters. The second-order valence-electron chi connectivity index (χ2n) is 7.71. The Morgan fingerprint density at radius 2 is 1.75 bits per heavy atom. The standard InChI is InChI=1S/C23H22N4O5/c1-31-13-5-3-12(4-6-13)27-22(29)18(21(28)26-23(27)30)20-19-15(9-10-24-20)16-11-14(32-2)7-8-17(16)25-19/h3-8,11,20,24-25,29H,9-10H2,1-2H3,(H,26,28,30)/p+1/t20-/m1/s1. The van der Waals surface area contributed by atoms with E-state index in [4.69, 9.17) is 9.47 Å². The van der Waals surface area contributed by atoms with E-state index in [1.54, 1.807) is 38.5 Å². The van der Waals surface area contributed by atoms with E-state index in [9.17, 15) is 14.7 Å². The van der Waals surface area contributed by atoms with Gasteiger partial charge in [-0.1, -0.05) is 0 Å². The summed E-state index contributed by atoms with van der Waals surface area (Å²) in [5.74, 6) is 0.984. The fourth-order valence-electron chi connectivity index (χ4n) is 4.47. The molecule has 9 heteroatoms. The van der Waals surface area contributed by atoms with Crippen LogP contribution in [0.3, 0.4) is 0 Å². The van der Waals surface area contributed by atoms with Crippen LogP contribution in [0.4, 0.5) is 0 Å². The van der Waals surface area contributed by atoms with Crippen molar-refractivity contribution in [2.45, 2.75) is 12.5 Å². The number of benzene rings is 2. The van der Waals surface area contributed by atoms with Crippen molar-refractivity contribution in [1.82, 2.24) is 14.5 Å². The first-order chi connectivity index (χ1) is 15.5. The number of hydrogen-bond donors (Lipinski definition) is 4. The largest absolute Gasteiger partial charge is 0.497 e. The number of nitrogens with zero attached hydrogens (tertiary/aromatic N) is 1. The number of H-pyrrole nitrogens is 2. The first-order valence-electron chi connectivity index (χ1n) is 10.3. The van der Waals surface area contributed by atoms with Crippen molar-refractivity contribution in [1.29, 1.82) is 0 Å². The Hall–Kier alpha value is -3.98. The van der Waals surface area contributed by atoms with Gasteiger partial charge in [-0.25, -0.2) is 9.36 Å².